The van der Waals surface area contributed by atoms with Gasteiger partial charge in [-0.3, -0.25) is 9.59 Å². The van der Waals surface area contributed by atoms with Gasteiger partial charge in [0.2, 0.25) is 0 Å². The summed E-state index contributed by atoms with van der Waals surface area (Å²) in [6, 6.07) is 0. The normalized spacial score (nSPS) is 51.0. The third-order valence-electron chi connectivity index (χ3n) is 8.85. The number of hydrogen-bond acceptors (Lipinski definition) is 3. The Bertz CT molecular complexity index is 719. The summed E-state index contributed by atoms with van der Waals surface area (Å²) in [6.07, 6.45) is 14.3. The molecule has 3 fully saturated rings. The largest absolute Gasteiger partial charge is 0.458 e. The van der Waals surface area contributed by atoms with Gasteiger partial charge in [0.25, 0.3) is 0 Å². The molecule has 4 aliphatic carbocycles. The Kier molecular flexibility index (Phi) is 3.08. The van der Waals surface area contributed by atoms with Crippen LogP contribution in [0.15, 0.2) is 23.8 Å². The Morgan fingerprint density at radius 2 is 1.80 bits per heavy atom. The molecule has 1 spiro atoms. The lowest BCUT2D eigenvalue weighted by atomic mass is 9.48. The molecule has 1 saturated heterocycles. The molecule has 6 atom stereocenters. The first kappa shape index (κ1) is 15.8. The average Bonchev–Trinajstić information content (AvgIpc) is 3.10. The topological polar surface area (TPSA) is 43.4 Å². The van der Waals surface area contributed by atoms with Crippen LogP contribution in [0.4, 0.5) is 0 Å². The lowest BCUT2D eigenvalue weighted by Crippen LogP contribution is -2.53. The van der Waals surface area contributed by atoms with Crippen LogP contribution >= 0.6 is 0 Å². The summed E-state index contributed by atoms with van der Waals surface area (Å²) in [5.41, 5.74) is 1.32. The van der Waals surface area contributed by atoms with Crippen LogP contribution in [-0.2, 0) is 14.3 Å². The van der Waals surface area contributed by atoms with Gasteiger partial charge in [-0.25, -0.2) is 0 Å². The molecule has 0 radical (unpaired) electrons. The molecule has 0 aromatic carbocycles. The van der Waals surface area contributed by atoms with Crippen LogP contribution in [0.25, 0.3) is 0 Å². The SMILES string of the molecule is C[C@]12CCC(=O)C=C1C=C[C@@H]1C2CC[C@@]2(C)C1CC[C@@]21CCC(=O)O1. The van der Waals surface area contributed by atoms with Crippen LogP contribution in [0.1, 0.15) is 65.2 Å². The highest BCUT2D eigenvalue weighted by Crippen LogP contribution is 2.68. The van der Waals surface area contributed by atoms with E-state index in [0.717, 1.165) is 25.7 Å². The highest BCUT2D eigenvalue weighted by atomic mass is 16.6. The van der Waals surface area contributed by atoms with E-state index in [-0.39, 0.29) is 28.2 Å². The molecule has 5 aliphatic rings. The first-order valence-corrected chi connectivity index (χ1v) is 10.0. The van der Waals surface area contributed by atoms with E-state index in [2.05, 4.69) is 26.0 Å². The molecule has 134 valence electrons. The molecule has 3 heteroatoms. The van der Waals surface area contributed by atoms with Crippen molar-refractivity contribution in [3.05, 3.63) is 23.8 Å². The number of carbonyl (C=O) groups excluding carboxylic acids is 2. The van der Waals surface area contributed by atoms with E-state index in [4.69, 9.17) is 4.74 Å². The van der Waals surface area contributed by atoms with Crippen molar-refractivity contribution in [1.29, 1.82) is 0 Å². The van der Waals surface area contributed by atoms with E-state index in [1.807, 2.05) is 6.08 Å². The van der Waals surface area contributed by atoms with Gasteiger partial charge in [-0.15, -0.1) is 0 Å². The fourth-order valence-electron chi connectivity index (χ4n) is 7.29. The Balaban J connectivity index is 1.53. The number of hydrogen-bond donors (Lipinski definition) is 0. The highest BCUT2D eigenvalue weighted by Gasteiger charge is 2.66. The molecule has 5 rings (SSSR count). The minimum absolute atomic E-state index is 0.00570. The van der Waals surface area contributed by atoms with Crippen molar-refractivity contribution in [3.63, 3.8) is 0 Å². The van der Waals surface area contributed by atoms with Crippen molar-refractivity contribution < 1.29 is 14.3 Å². The zero-order valence-corrected chi connectivity index (χ0v) is 15.3. The number of fused-ring (bicyclic) bond motifs is 6. The fraction of sp³-hybridized carbons (Fsp3) is 0.727. The van der Waals surface area contributed by atoms with Gasteiger partial charge in [-0.05, 0) is 73.3 Å². The highest BCUT2D eigenvalue weighted by molar-refractivity contribution is 5.92. The van der Waals surface area contributed by atoms with E-state index in [0.29, 0.717) is 30.6 Å². The Hall–Kier alpha value is -1.38. The molecule has 0 aromatic rings. The van der Waals surface area contributed by atoms with Crippen molar-refractivity contribution in [2.24, 2.45) is 28.6 Å². The van der Waals surface area contributed by atoms with Crippen molar-refractivity contribution in [2.75, 3.05) is 0 Å². The molecule has 1 aliphatic heterocycles. The maximum atomic E-state index is 11.9. The molecule has 2 saturated carbocycles. The van der Waals surface area contributed by atoms with Crippen LogP contribution in [-0.4, -0.2) is 17.4 Å². The number of rotatable bonds is 0. The molecule has 1 heterocycles. The number of ether oxygens (including phenoxy) is 1. The molecule has 2 unspecified atom stereocenters. The lowest BCUT2D eigenvalue weighted by Gasteiger charge is -2.57. The van der Waals surface area contributed by atoms with E-state index >= 15 is 0 Å². The van der Waals surface area contributed by atoms with Crippen molar-refractivity contribution in [1.82, 2.24) is 0 Å². The third-order valence-corrected chi connectivity index (χ3v) is 8.85. The second-order valence-electron chi connectivity index (χ2n) is 9.60. The van der Waals surface area contributed by atoms with Gasteiger partial charge in [0.1, 0.15) is 5.60 Å². The maximum Gasteiger partial charge on any atom is 0.306 e. The predicted octanol–water partition coefficient (Wildman–Crippen LogP) is 4.37. The molecule has 0 bridgehead atoms. The minimum atomic E-state index is -0.201. The van der Waals surface area contributed by atoms with Crippen molar-refractivity contribution in [3.8, 4) is 0 Å². The summed E-state index contributed by atoms with van der Waals surface area (Å²) < 4.78 is 5.99. The van der Waals surface area contributed by atoms with Crippen LogP contribution in [0, 0.1) is 28.6 Å². The Morgan fingerprint density at radius 3 is 2.56 bits per heavy atom. The number of esters is 1. The smallest absolute Gasteiger partial charge is 0.306 e. The summed E-state index contributed by atoms with van der Waals surface area (Å²) in [6.45, 7) is 4.78. The van der Waals surface area contributed by atoms with Crippen LogP contribution < -0.4 is 0 Å². The molecule has 0 N–H and O–H groups in total. The predicted molar refractivity (Wildman–Crippen MR) is 94.7 cm³/mol. The summed E-state index contributed by atoms with van der Waals surface area (Å²) in [5.74, 6) is 2.08. The molecule has 25 heavy (non-hydrogen) atoms. The van der Waals surface area contributed by atoms with Gasteiger partial charge < -0.3 is 4.74 Å². The minimum Gasteiger partial charge on any atom is -0.458 e. The monoisotopic (exact) mass is 340 g/mol. The maximum absolute atomic E-state index is 11.9. The second-order valence-corrected chi connectivity index (χ2v) is 9.60. The molecular weight excluding hydrogens is 312 g/mol. The second kappa shape index (κ2) is 4.86. The van der Waals surface area contributed by atoms with Crippen LogP contribution in [0.5, 0.6) is 0 Å². The average molecular weight is 340 g/mol. The van der Waals surface area contributed by atoms with Gasteiger partial charge in [-0.1, -0.05) is 26.0 Å². The Morgan fingerprint density at radius 1 is 1.00 bits per heavy atom. The quantitative estimate of drug-likeness (QED) is 0.615. The van der Waals surface area contributed by atoms with Crippen LogP contribution in [0.3, 0.4) is 0 Å². The zero-order chi connectivity index (χ0) is 17.4. The molecular formula is C22H28O3. The van der Waals surface area contributed by atoms with Gasteiger partial charge >= 0.3 is 5.97 Å². The van der Waals surface area contributed by atoms with Crippen molar-refractivity contribution in [2.45, 2.75) is 70.8 Å². The first-order valence-electron chi connectivity index (χ1n) is 10.0. The first-order chi connectivity index (χ1) is 11.9. The zero-order valence-electron chi connectivity index (χ0n) is 15.3. The summed E-state index contributed by atoms with van der Waals surface area (Å²) in [5, 5.41) is 0. The summed E-state index contributed by atoms with van der Waals surface area (Å²) >= 11 is 0. The van der Waals surface area contributed by atoms with Gasteiger partial charge in [0.05, 0.1) is 0 Å². The van der Waals surface area contributed by atoms with Crippen molar-refractivity contribution >= 4 is 11.8 Å². The number of allylic oxidation sites excluding steroid dienone is 4. The van der Waals surface area contributed by atoms with E-state index in [1.54, 1.807) is 0 Å². The summed E-state index contributed by atoms with van der Waals surface area (Å²) in [7, 11) is 0. The fourth-order valence-corrected chi connectivity index (χ4v) is 7.29. The summed E-state index contributed by atoms with van der Waals surface area (Å²) in [4.78, 5) is 23.8. The van der Waals surface area contributed by atoms with E-state index in [1.165, 1.54) is 18.4 Å². The van der Waals surface area contributed by atoms with Gasteiger partial charge in [-0.2, -0.15) is 0 Å². The molecule has 0 aromatic heterocycles. The number of carbonyl (C=O) groups is 2. The number of ketones is 1. The van der Waals surface area contributed by atoms with Gasteiger partial charge in [0, 0.05) is 18.3 Å². The lowest BCUT2D eigenvalue weighted by molar-refractivity contribution is -0.165. The van der Waals surface area contributed by atoms with E-state index < -0.39 is 0 Å². The Labute approximate surface area is 149 Å². The standard InChI is InChI=1S/C22H28O3/c1-20-9-5-15(23)13-14(20)3-4-16-17(20)6-10-21(2)18(16)7-11-22(21)12-8-19(24)25-22/h3-4,13,16-18H,5-12H2,1-2H3/t16-,17?,18?,20+,21+,22-/m1/s1. The molecule has 3 nitrogen and oxygen atoms in total. The van der Waals surface area contributed by atoms with Gasteiger partial charge in [0.15, 0.2) is 5.78 Å². The van der Waals surface area contributed by atoms with Crippen LogP contribution in [0.2, 0.25) is 0 Å². The van der Waals surface area contributed by atoms with E-state index in [9.17, 15) is 9.59 Å². The molecule has 0 amide bonds. The third kappa shape index (κ3) is 1.88.